The number of nitrogens with zero attached hydrogens (tertiary/aromatic N) is 3. The number of fused-ring (bicyclic) bond motifs is 1. The third-order valence-electron chi connectivity index (χ3n) is 6.61. The third kappa shape index (κ3) is 5.54. The predicted molar refractivity (Wildman–Crippen MR) is 129 cm³/mol. The summed E-state index contributed by atoms with van der Waals surface area (Å²) in [5, 5.41) is 21.5. The minimum Gasteiger partial charge on any atom is -0.459 e. The maximum Gasteiger partial charge on any atom is 0.509 e. The van der Waals surface area contributed by atoms with Gasteiger partial charge in [-0.05, 0) is 49.2 Å². The van der Waals surface area contributed by atoms with E-state index in [-0.39, 0.29) is 31.0 Å². The minimum atomic E-state index is -1.43. The minimum absolute atomic E-state index is 0.116. The standard InChI is InChI=1S/C25H23N3O11/c1-25(2,39-24(32)38-13-15-5-9-17(10-6-15)28(35)36)20-18-11-19(29)21(26(18)22(20)30)23(31)37-12-14-3-7-16(8-4-14)27(33)34/h3-10,18,20-21H,11-13H2,1-2H3/t18-,20+,21-/m1/s1. The first-order valence-electron chi connectivity index (χ1n) is 11.7. The molecular formula is C25H23N3O11. The average Bonchev–Trinajstić information content (AvgIpc) is 3.17. The van der Waals surface area contributed by atoms with E-state index in [1.165, 1.54) is 62.4 Å². The van der Waals surface area contributed by atoms with Gasteiger partial charge in [-0.1, -0.05) is 0 Å². The second kappa shape index (κ2) is 10.5. The second-order valence-electron chi connectivity index (χ2n) is 9.56. The summed E-state index contributed by atoms with van der Waals surface area (Å²) in [5.74, 6) is -2.90. The number of carbonyl (C=O) groups excluding carboxylic acids is 4. The van der Waals surface area contributed by atoms with Gasteiger partial charge in [-0.15, -0.1) is 0 Å². The highest BCUT2D eigenvalue weighted by molar-refractivity contribution is 6.11. The van der Waals surface area contributed by atoms with E-state index in [4.69, 9.17) is 14.2 Å². The molecule has 2 aliphatic heterocycles. The van der Waals surface area contributed by atoms with E-state index in [0.29, 0.717) is 11.1 Å². The number of amides is 1. The Morgan fingerprint density at radius 3 is 1.87 bits per heavy atom. The van der Waals surface area contributed by atoms with Crippen molar-refractivity contribution in [1.29, 1.82) is 0 Å². The fourth-order valence-corrected chi connectivity index (χ4v) is 4.69. The topological polar surface area (TPSA) is 185 Å². The molecule has 0 aromatic heterocycles. The predicted octanol–water partition coefficient (Wildman–Crippen LogP) is 2.85. The maximum absolute atomic E-state index is 13.0. The lowest BCUT2D eigenvalue weighted by Gasteiger charge is -2.49. The molecule has 0 radical (unpaired) electrons. The van der Waals surface area contributed by atoms with E-state index in [2.05, 4.69) is 0 Å². The van der Waals surface area contributed by atoms with E-state index >= 15 is 0 Å². The van der Waals surface area contributed by atoms with E-state index in [0.717, 1.165) is 4.90 Å². The molecule has 0 aliphatic carbocycles. The highest BCUT2D eigenvalue weighted by atomic mass is 16.7. The molecule has 2 aromatic rings. The van der Waals surface area contributed by atoms with Gasteiger partial charge in [-0.25, -0.2) is 9.59 Å². The molecule has 39 heavy (non-hydrogen) atoms. The number of Topliss-reactive ketones (excluding diaryl/α,β-unsaturated/α-hetero) is 1. The van der Waals surface area contributed by atoms with Gasteiger partial charge >= 0.3 is 12.1 Å². The summed E-state index contributed by atoms with van der Waals surface area (Å²) < 4.78 is 15.6. The molecule has 204 valence electrons. The average molecular weight is 541 g/mol. The molecule has 1 amide bonds. The number of nitro groups is 2. The van der Waals surface area contributed by atoms with Gasteiger partial charge in [0, 0.05) is 30.7 Å². The summed E-state index contributed by atoms with van der Waals surface area (Å²) in [4.78, 5) is 72.1. The summed E-state index contributed by atoms with van der Waals surface area (Å²) in [6, 6.07) is 8.60. The van der Waals surface area contributed by atoms with Crippen LogP contribution < -0.4 is 0 Å². The van der Waals surface area contributed by atoms with Crippen LogP contribution >= 0.6 is 0 Å². The van der Waals surface area contributed by atoms with E-state index in [1.54, 1.807) is 0 Å². The Kier molecular flexibility index (Phi) is 7.29. The zero-order valence-electron chi connectivity index (χ0n) is 20.8. The Morgan fingerprint density at radius 2 is 1.38 bits per heavy atom. The molecule has 2 heterocycles. The molecule has 2 aromatic carbocycles. The van der Waals surface area contributed by atoms with Crippen LogP contribution in [0.4, 0.5) is 16.2 Å². The zero-order valence-corrected chi connectivity index (χ0v) is 20.8. The summed E-state index contributed by atoms with van der Waals surface area (Å²) in [5.41, 5.74) is -0.669. The number of non-ortho nitro benzene ring substituents is 2. The molecular weight excluding hydrogens is 518 g/mol. The molecule has 2 saturated heterocycles. The summed E-state index contributed by atoms with van der Waals surface area (Å²) >= 11 is 0. The van der Waals surface area contributed by atoms with Crippen LogP contribution in [-0.2, 0) is 41.8 Å². The van der Waals surface area contributed by atoms with E-state index < -0.39 is 57.3 Å². The monoisotopic (exact) mass is 541 g/mol. The second-order valence-corrected chi connectivity index (χ2v) is 9.56. The molecule has 0 bridgehead atoms. The summed E-state index contributed by atoms with van der Waals surface area (Å²) in [6.45, 7) is 2.52. The Hall–Kier alpha value is -4.88. The third-order valence-corrected chi connectivity index (χ3v) is 6.61. The van der Waals surface area contributed by atoms with Crippen LogP contribution in [0.3, 0.4) is 0 Å². The quantitative estimate of drug-likeness (QED) is 0.149. The summed E-state index contributed by atoms with van der Waals surface area (Å²) in [7, 11) is 0. The van der Waals surface area contributed by atoms with Gasteiger partial charge < -0.3 is 19.1 Å². The van der Waals surface area contributed by atoms with Gasteiger partial charge in [0.1, 0.15) is 18.8 Å². The van der Waals surface area contributed by atoms with Crippen molar-refractivity contribution >= 4 is 35.2 Å². The van der Waals surface area contributed by atoms with Crippen LogP contribution in [0.15, 0.2) is 48.5 Å². The fraction of sp³-hybridized carbons (Fsp3) is 0.360. The lowest BCUT2D eigenvalue weighted by atomic mass is 9.76. The fourth-order valence-electron chi connectivity index (χ4n) is 4.69. The highest BCUT2D eigenvalue weighted by Gasteiger charge is 2.65. The highest BCUT2D eigenvalue weighted by Crippen LogP contribution is 2.45. The maximum atomic E-state index is 13.0. The largest absolute Gasteiger partial charge is 0.509 e. The Bertz CT molecular complexity index is 1340. The molecule has 14 heteroatoms. The molecule has 3 atom stereocenters. The SMILES string of the molecule is CC(C)(OC(=O)OCc1ccc([N+](=O)[O-])cc1)[C@@H]1C(=O)N2[C@@H](C(=O)OCc3ccc([N+](=O)[O-])cc3)C(=O)C[C@H]12. The number of carbonyl (C=O) groups is 4. The van der Waals surface area contributed by atoms with E-state index in [9.17, 15) is 39.4 Å². The van der Waals surface area contributed by atoms with Crippen LogP contribution in [0.25, 0.3) is 0 Å². The van der Waals surface area contributed by atoms with Crippen LogP contribution in [0.2, 0.25) is 0 Å². The first-order chi connectivity index (χ1) is 18.4. The Morgan fingerprint density at radius 1 is 0.897 bits per heavy atom. The zero-order chi connectivity index (χ0) is 28.5. The number of ketones is 1. The molecule has 2 aliphatic rings. The van der Waals surface area contributed by atoms with E-state index in [1.807, 2.05) is 0 Å². The lowest BCUT2D eigenvalue weighted by molar-refractivity contribution is -0.385. The first-order valence-corrected chi connectivity index (χ1v) is 11.7. The van der Waals surface area contributed by atoms with Crippen LogP contribution in [0.1, 0.15) is 31.4 Å². The van der Waals surface area contributed by atoms with Crippen molar-refractivity contribution in [2.24, 2.45) is 5.92 Å². The van der Waals surface area contributed by atoms with Crippen molar-refractivity contribution in [2.45, 2.75) is 51.2 Å². The van der Waals surface area contributed by atoms with Crippen molar-refractivity contribution in [2.75, 3.05) is 0 Å². The van der Waals surface area contributed by atoms with Crippen LogP contribution in [0.5, 0.6) is 0 Å². The van der Waals surface area contributed by atoms with Crippen LogP contribution in [0, 0.1) is 26.1 Å². The van der Waals surface area contributed by atoms with Crippen LogP contribution in [-0.4, -0.2) is 56.2 Å². The lowest BCUT2D eigenvalue weighted by Crippen LogP contribution is -2.68. The molecule has 0 N–H and O–H groups in total. The van der Waals surface area contributed by atoms with Crippen molar-refractivity contribution in [1.82, 2.24) is 4.90 Å². The van der Waals surface area contributed by atoms with Crippen molar-refractivity contribution in [3.05, 3.63) is 79.9 Å². The van der Waals surface area contributed by atoms with Crippen molar-refractivity contribution in [3.63, 3.8) is 0 Å². The van der Waals surface area contributed by atoms with Gasteiger partial charge in [-0.2, -0.15) is 0 Å². The molecule has 4 rings (SSSR count). The summed E-state index contributed by atoms with van der Waals surface area (Å²) in [6.07, 6.45) is -1.20. The molecule has 14 nitrogen and oxygen atoms in total. The molecule has 0 saturated carbocycles. The Labute approximate surface area is 220 Å². The smallest absolute Gasteiger partial charge is 0.459 e. The van der Waals surface area contributed by atoms with Gasteiger partial charge in [0.25, 0.3) is 11.4 Å². The normalized spacial score (nSPS) is 20.1. The van der Waals surface area contributed by atoms with Gasteiger partial charge in [-0.3, -0.25) is 29.8 Å². The molecule has 2 fully saturated rings. The number of β-lactam (4-membered cyclic amide) rings is 1. The van der Waals surface area contributed by atoms with Crippen molar-refractivity contribution in [3.8, 4) is 0 Å². The number of hydrogen-bond donors (Lipinski definition) is 0. The molecule has 0 spiro atoms. The number of ether oxygens (including phenoxy) is 3. The Balaban J connectivity index is 1.32. The number of hydrogen-bond acceptors (Lipinski definition) is 11. The number of rotatable bonds is 9. The number of nitro benzene ring substituents is 2. The van der Waals surface area contributed by atoms with Crippen molar-refractivity contribution < 1.29 is 43.2 Å². The van der Waals surface area contributed by atoms with Gasteiger partial charge in [0.2, 0.25) is 5.91 Å². The number of benzene rings is 2. The van der Waals surface area contributed by atoms with Gasteiger partial charge in [0.15, 0.2) is 11.8 Å². The first kappa shape index (κ1) is 27.2. The number of esters is 1. The molecule has 0 unspecified atom stereocenters. The van der Waals surface area contributed by atoms with Gasteiger partial charge in [0.05, 0.1) is 21.8 Å².